The molecule has 0 aromatic heterocycles. The molecule has 78 valence electrons. The number of hydrogen-bond donors (Lipinski definition) is 2. The van der Waals surface area contributed by atoms with E-state index in [-0.39, 0.29) is 0 Å². The normalized spacial score (nSPS) is 12.6. The minimum absolute atomic E-state index is 0.496. The maximum absolute atomic E-state index is 5.87. The molecular formula is C12H20N2. The fourth-order valence-corrected chi connectivity index (χ4v) is 1.39. The summed E-state index contributed by atoms with van der Waals surface area (Å²) in [5.41, 5.74) is 10.3. The van der Waals surface area contributed by atoms with Gasteiger partial charge in [-0.2, -0.15) is 0 Å². The van der Waals surface area contributed by atoms with Crippen LogP contribution in [-0.2, 0) is 0 Å². The van der Waals surface area contributed by atoms with E-state index < -0.39 is 0 Å². The summed E-state index contributed by atoms with van der Waals surface area (Å²) < 4.78 is 0. The van der Waals surface area contributed by atoms with Crippen LogP contribution < -0.4 is 11.1 Å². The van der Waals surface area contributed by atoms with Crippen molar-refractivity contribution in [2.24, 2.45) is 0 Å². The quantitative estimate of drug-likeness (QED) is 0.722. The molecule has 1 atom stereocenters. The molecule has 0 radical (unpaired) electrons. The van der Waals surface area contributed by atoms with Crippen LogP contribution in [0.4, 0.5) is 11.4 Å². The number of rotatable bonds is 3. The smallest absolute Gasteiger partial charge is 0.0392 e. The Morgan fingerprint density at radius 1 is 1.29 bits per heavy atom. The lowest BCUT2D eigenvalue weighted by atomic mass is 10.1. The van der Waals surface area contributed by atoms with E-state index in [9.17, 15) is 0 Å². The molecule has 0 heterocycles. The molecular weight excluding hydrogens is 172 g/mol. The standard InChI is InChI=1S/C12H20N2/c1-5-10(4)14-12-7-11(13)8(2)6-9(12)3/h6-7,10,14H,5,13H2,1-4H3. The van der Waals surface area contributed by atoms with Gasteiger partial charge in [0, 0.05) is 17.4 Å². The van der Waals surface area contributed by atoms with Gasteiger partial charge in [-0.3, -0.25) is 0 Å². The number of nitrogen functional groups attached to an aromatic ring is 1. The number of nitrogens with one attached hydrogen (secondary N) is 1. The van der Waals surface area contributed by atoms with Crippen LogP contribution in [0.5, 0.6) is 0 Å². The maximum Gasteiger partial charge on any atom is 0.0392 e. The average molecular weight is 192 g/mol. The lowest BCUT2D eigenvalue weighted by Crippen LogP contribution is -2.14. The predicted octanol–water partition coefficient (Wildman–Crippen LogP) is 3.10. The molecule has 1 aromatic carbocycles. The minimum atomic E-state index is 0.496. The van der Waals surface area contributed by atoms with Gasteiger partial charge >= 0.3 is 0 Å². The number of benzene rings is 1. The second-order valence-corrected chi connectivity index (χ2v) is 3.98. The fraction of sp³-hybridized carbons (Fsp3) is 0.500. The SMILES string of the molecule is CCC(C)Nc1cc(N)c(C)cc1C. The maximum atomic E-state index is 5.87. The molecule has 0 saturated heterocycles. The molecule has 0 amide bonds. The van der Waals surface area contributed by atoms with Gasteiger partial charge in [0.15, 0.2) is 0 Å². The highest BCUT2D eigenvalue weighted by Gasteiger charge is 2.04. The second-order valence-electron chi connectivity index (χ2n) is 3.98. The average Bonchev–Trinajstić information content (AvgIpc) is 2.14. The van der Waals surface area contributed by atoms with Crippen LogP contribution in [0.1, 0.15) is 31.4 Å². The van der Waals surface area contributed by atoms with Gasteiger partial charge in [0.05, 0.1) is 0 Å². The fourth-order valence-electron chi connectivity index (χ4n) is 1.39. The van der Waals surface area contributed by atoms with Gasteiger partial charge in [0.25, 0.3) is 0 Å². The summed E-state index contributed by atoms with van der Waals surface area (Å²) in [4.78, 5) is 0. The molecule has 2 heteroatoms. The lowest BCUT2D eigenvalue weighted by molar-refractivity contribution is 0.763. The zero-order valence-corrected chi connectivity index (χ0v) is 9.52. The zero-order valence-electron chi connectivity index (χ0n) is 9.52. The van der Waals surface area contributed by atoms with Crippen LogP contribution >= 0.6 is 0 Å². The van der Waals surface area contributed by atoms with E-state index in [1.165, 1.54) is 5.56 Å². The van der Waals surface area contributed by atoms with E-state index in [2.05, 4.69) is 32.2 Å². The highest BCUT2D eigenvalue weighted by atomic mass is 14.9. The molecule has 0 aliphatic heterocycles. The number of nitrogens with two attached hydrogens (primary N) is 1. The monoisotopic (exact) mass is 192 g/mol. The van der Waals surface area contributed by atoms with Crippen molar-refractivity contribution in [2.45, 2.75) is 40.2 Å². The Morgan fingerprint density at radius 2 is 1.93 bits per heavy atom. The van der Waals surface area contributed by atoms with Crippen molar-refractivity contribution in [2.75, 3.05) is 11.1 Å². The Labute approximate surface area is 86.5 Å². The lowest BCUT2D eigenvalue weighted by Gasteiger charge is -2.16. The second kappa shape index (κ2) is 4.36. The van der Waals surface area contributed by atoms with Gasteiger partial charge in [-0.05, 0) is 44.4 Å². The molecule has 0 bridgehead atoms. The van der Waals surface area contributed by atoms with Crippen molar-refractivity contribution in [1.82, 2.24) is 0 Å². The molecule has 0 aliphatic rings. The van der Waals surface area contributed by atoms with Crippen molar-refractivity contribution < 1.29 is 0 Å². The molecule has 2 nitrogen and oxygen atoms in total. The van der Waals surface area contributed by atoms with Crippen LogP contribution in [-0.4, -0.2) is 6.04 Å². The summed E-state index contributed by atoms with van der Waals surface area (Å²) in [6.45, 7) is 8.49. The van der Waals surface area contributed by atoms with E-state index in [1.54, 1.807) is 0 Å². The van der Waals surface area contributed by atoms with Gasteiger partial charge in [-0.15, -0.1) is 0 Å². The first kappa shape index (κ1) is 10.9. The van der Waals surface area contributed by atoms with E-state index >= 15 is 0 Å². The number of anilines is 2. The van der Waals surface area contributed by atoms with Crippen LogP contribution in [0, 0.1) is 13.8 Å². The van der Waals surface area contributed by atoms with Crippen LogP contribution in [0.2, 0.25) is 0 Å². The molecule has 3 N–H and O–H groups in total. The summed E-state index contributed by atoms with van der Waals surface area (Å²) in [7, 11) is 0. The summed E-state index contributed by atoms with van der Waals surface area (Å²) >= 11 is 0. The Bertz CT molecular complexity index is 318. The van der Waals surface area contributed by atoms with Gasteiger partial charge < -0.3 is 11.1 Å². The largest absolute Gasteiger partial charge is 0.398 e. The molecule has 1 rings (SSSR count). The molecule has 0 spiro atoms. The number of aryl methyl sites for hydroxylation is 2. The van der Waals surface area contributed by atoms with Crippen molar-refractivity contribution in [3.8, 4) is 0 Å². The first-order valence-electron chi connectivity index (χ1n) is 5.17. The third kappa shape index (κ3) is 2.41. The van der Waals surface area contributed by atoms with Gasteiger partial charge in [-0.1, -0.05) is 13.0 Å². The summed E-state index contributed by atoms with van der Waals surface area (Å²) in [5, 5.41) is 3.45. The molecule has 0 aliphatic carbocycles. The Kier molecular flexibility index (Phi) is 3.39. The highest BCUT2D eigenvalue weighted by Crippen LogP contribution is 2.23. The first-order chi connectivity index (χ1) is 6.54. The zero-order chi connectivity index (χ0) is 10.7. The predicted molar refractivity (Wildman–Crippen MR) is 63.7 cm³/mol. The molecule has 1 aromatic rings. The molecule has 1 unspecified atom stereocenters. The van der Waals surface area contributed by atoms with Crippen LogP contribution in [0.15, 0.2) is 12.1 Å². The minimum Gasteiger partial charge on any atom is -0.398 e. The third-order valence-corrected chi connectivity index (χ3v) is 2.63. The van der Waals surface area contributed by atoms with Crippen molar-refractivity contribution in [3.05, 3.63) is 23.3 Å². The molecule has 14 heavy (non-hydrogen) atoms. The van der Waals surface area contributed by atoms with Crippen molar-refractivity contribution >= 4 is 11.4 Å². The van der Waals surface area contributed by atoms with E-state index in [0.29, 0.717) is 6.04 Å². The van der Waals surface area contributed by atoms with E-state index in [4.69, 9.17) is 5.73 Å². The van der Waals surface area contributed by atoms with Crippen molar-refractivity contribution in [1.29, 1.82) is 0 Å². The third-order valence-electron chi connectivity index (χ3n) is 2.63. The molecule has 0 fully saturated rings. The van der Waals surface area contributed by atoms with E-state index in [1.807, 2.05) is 13.0 Å². The summed E-state index contributed by atoms with van der Waals surface area (Å²) in [6.07, 6.45) is 1.12. The van der Waals surface area contributed by atoms with Gasteiger partial charge in [-0.25, -0.2) is 0 Å². The number of hydrogen-bond acceptors (Lipinski definition) is 2. The Morgan fingerprint density at radius 3 is 2.50 bits per heavy atom. The summed E-state index contributed by atoms with van der Waals surface area (Å²) in [6, 6.07) is 4.65. The van der Waals surface area contributed by atoms with Gasteiger partial charge in [0.1, 0.15) is 0 Å². The van der Waals surface area contributed by atoms with Crippen LogP contribution in [0.3, 0.4) is 0 Å². The Hall–Kier alpha value is -1.18. The van der Waals surface area contributed by atoms with Crippen molar-refractivity contribution in [3.63, 3.8) is 0 Å². The summed E-state index contributed by atoms with van der Waals surface area (Å²) in [5.74, 6) is 0. The topological polar surface area (TPSA) is 38.0 Å². The van der Waals surface area contributed by atoms with Gasteiger partial charge in [0.2, 0.25) is 0 Å². The molecule has 0 saturated carbocycles. The highest BCUT2D eigenvalue weighted by molar-refractivity contribution is 5.63. The van der Waals surface area contributed by atoms with Crippen LogP contribution in [0.25, 0.3) is 0 Å². The Balaban J connectivity index is 2.92. The first-order valence-corrected chi connectivity index (χ1v) is 5.17. The van der Waals surface area contributed by atoms with E-state index in [0.717, 1.165) is 23.4 Å².